The quantitative estimate of drug-likeness (QED) is 0.713. The average molecular weight is 186 g/mol. The van der Waals surface area contributed by atoms with Gasteiger partial charge in [0.2, 0.25) is 0 Å². The first-order valence-corrected chi connectivity index (χ1v) is 5.35. The molecule has 0 saturated heterocycles. The van der Waals surface area contributed by atoms with Crippen molar-refractivity contribution in [3.63, 3.8) is 0 Å². The maximum Gasteiger partial charge on any atom is 0.0489 e. The Morgan fingerprint density at radius 3 is 2.46 bits per heavy atom. The summed E-state index contributed by atoms with van der Waals surface area (Å²) in [6, 6.07) is 0. The van der Waals surface area contributed by atoms with Crippen LogP contribution in [0.2, 0.25) is 0 Å². The van der Waals surface area contributed by atoms with Crippen LogP contribution in [0.3, 0.4) is 0 Å². The van der Waals surface area contributed by atoms with Crippen molar-refractivity contribution in [3.05, 3.63) is 0 Å². The third-order valence-corrected chi connectivity index (χ3v) is 3.71. The Kier molecular flexibility index (Phi) is 4.20. The highest BCUT2D eigenvalue weighted by molar-refractivity contribution is 4.88. The Morgan fingerprint density at radius 2 is 2.00 bits per heavy atom. The van der Waals surface area contributed by atoms with Crippen LogP contribution in [-0.4, -0.2) is 25.4 Å². The van der Waals surface area contributed by atoms with Crippen molar-refractivity contribution in [2.45, 2.75) is 39.0 Å². The summed E-state index contributed by atoms with van der Waals surface area (Å²) in [7, 11) is 1.74. The maximum atomic E-state index is 9.45. The van der Waals surface area contributed by atoms with Gasteiger partial charge >= 0.3 is 0 Å². The lowest BCUT2D eigenvalue weighted by molar-refractivity contribution is 0.0542. The van der Waals surface area contributed by atoms with E-state index >= 15 is 0 Å². The lowest BCUT2D eigenvalue weighted by Crippen LogP contribution is -2.30. The molecule has 0 spiro atoms. The Labute approximate surface area is 81.3 Å². The standard InChI is InChI=1S/C11H22O2/c1-10(5-8-13-2)11(9-12)6-3-4-7-11/h10,12H,3-9H2,1-2H3. The van der Waals surface area contributed by atoms with Crippen molar-refractivity contribution in [2.24, 2.45) is 11.3 Å². The van der Waals surface area contributed by atoms with E-state index in [1.54, 1.807) is 7.11 Å². The van der Waals surface area contributed by atoms with Crippen LogP contribution >= 0.6 is 0 Å². The van der Waals surface area contributed by atoms with Crippen molar-refractivity contribution >= 4 is 0 Å². The third kappa shape index (κ3) is 2.44. The molecule has 0 bridgehead atoms. The fraction of sp³-hybridized carbons (Fsp3) is 1.00. The summed E-state index contributed by atoms with van der Waals surface area (Å²) in [4.78, 5) is 0. The number of aliphatic hydroxyl groups is 1. The Balaban J connectivity index is 2.44. The molecule has 0 aromatic rings. The summed E-state index contributed by atoms with van der Waals surface area (Å²) >= 11 is 0. The fourth-order valence-electron chi connectivity index (χ4n) is 2.49. The summed E-state index contributed by atoms with van der Waals surface area (Å²) in [6.45, 7) is 3.43. The van der Waals surface area contributed by atoms with E-state index in [4.69, 9.17) is 4.74 Å². The number of hydrogen-bond donors (Lipinski definition) is 1. The number of ether oxygens (including phenoxy) is 1. The van der Waals surface area contributed by atoms with Crippen molar-refractivity contribution in [3.8, 4) is 0 Å². The Morgan fingerprint density at radius 1 is 1.38 bits per heavy atom. The van der Waals surface area contributed by atoms with E-state index in [1.807, 2.05) is 0 Å². The molecule has 0 heterocycles. The maximum absolute atomic E-state index is 9.45. The molecule has 0 amide bonds. The Bertz CT molecular complexity index is 139. The number of rotatable bonds is 5. The molecule has 0 aromatic heterocycles. The zero-order valence-electron chi connectivity index (χ0n) is 8.88. The zero-order chi connectivity index (χ0) is 9.73. The van der Waals surface area contributed by atoms with E-state index < -0.39 is 0 Å². The van der Waals surface area contributed by atoms with Gasteiger partial charge in [0.05, 0.1) is 0 Å². The molecule has 0 radical (unpaired) electrons. The summed E-state index contributed by atoms with van der Waals surface area (Å²) in [5.41, 5.74) is 0.221. The number of aliphatic hydroxyl groups excluding tert-OH is 1. The minimum Gasteiger partial charge on any atom is -0.396 e. The molecule has 1 rings (SSSR count). The molecule has 78 valence electrons. The fourth-order valence-corrected chi connectivity index (χ4v) is 2.49. The van der Waals surface area contributed by atoms with Crippen molar-refractivity contribution < 1.29 is 9.84 Å². The molecule has 2 heteroatoms. The van der Waals surface area contributed by atoms with Gasteiger partial charge in [-0.1, -0.05) is 19.8 Å². The second kappa shape index (κ2) is 4.97. The van der Waals surface area contributed by atoms with Crippen LogP contribution in [0.25, 0.3) is 0 Å². The van der Waals surface area contributed by atoms with Crippen LogP contribution in [0.5, 0.6) is 0 Å². The molecule has 1 N–H and O–H groups in total. The van der Waals surface area contributed by atoms with Gasteiger partial charge in [0.1, 0.15) is 0 Å². The molecule has 1 fully saturated rings. The molecule has 1 aliphatic carbocycles. The highest BCUT2D eigenvalue weighted by Crippen LogP contribution is 2.44. The summed E-state index contributed by atoms with van der Waals surface area (Å²) in [5, 5.41) is 9.45. The van der Waals surface area contributed by atoms with E-state index in [1.165, 1.54) is 25.7 Å². The smallest absolute Gasteiger partial charge is 0.0489 e. The van der Waals surface area contributed by atoms with Crippen molar-refractivity contribution in [1.29, 1.82) is 0 Å². The zero-order valence-corrected chi connectivity index (χ0v) is 8.88. The van der Waals surface area contributed by atoms with E-state index in [9.17, 15) is 5.11 Å². The predicted octanol–water partition coefficient (Wildman–Crippen LogP) is 2.21. The van der Waals surface area contributed by atoms with Gasteiger partial charge in [-0.3, -0.25) is 0 Å². The predicted molar refractivity (Wildman–Crippen MR) is 53.6 cm³/mol. The summed E-state index contributed by atoms with van der Waals surface area (Å²) in [5.74, 6) is 0.597. The minimum absolute atomic E-state index is 0.221. The second-order valence-electron chi connectivity index (χ2n) is 4.41. The van der Waals surface area contributed by atoms with E-state index in [0.29, 0.717) is 12.5 Å². The largest absolute Gasteiger partial charge is 0.396 e. The first-order chi connectivity index (χ1) is 6.25. The summed E-state index contributed by atoms with van der Waals surface area (Å²) < 4.78 is 5.08. The van der Waals surface area contributed by atoms with Gasteiger partial charge in [-0.05, 0) is 30.6 Å². The molecule has 13 heavy (non-hydrogen) atoms. The van der Waals surface area contributed by atoms with Crippen LogP contribution in [-0.2, 0) is 4.74 Å². The molecule has 1 unspecified atom stereocenters. The number of methoxy groups -OCH3 is 1. The molecule has 0 aromatic carbocycles. The van der Waals surface area contributed by atoms with E-state index in [-0.39, 0.29) is 5.41 Å². The van der Waals surface area contributed by atoms with Gasteiger partial charge < -0.3 is 9.84 Å². The van der Waals surface area contributed by atoms with Crippen molar-refractivity contribution in [1.82, 2.24) is 0 Å². The van der Waals surface area contributed by atoms with E-state index in [0.717, 1.165) is 13.0 Å². The molecule has 2 nitrogen and oxygen atoms in total. The van der Waals surface area contributed by atoms with Gasteiger partial charge in [-0.15, -0.1) is 0 Å². The minimum atomic E-state index is 0.221. The lowest BCUT2D eigenvalue weighted by Gasteiger charge is -2.33. The molecular formula is C11H22O2. The number of hydrogen-bond acceptors (Lipinski definition) is 2. The van der Waals surface area contributed by atoms with Crippen molar-refractivity contribution in [2.75, 3.05) is 20.3 Å². The van der Waals surface area contributed by atoms with Gasteiger partial charge in [0.25, 0.3) is 0 Å². The SMILES string of the molecule is COCCC(C)C1(CO)CCCC1. The average Bonchev–Trinajstić information content (AvgIpc) is 2.63. The Hall–Kier alpha value is -0.0800. The van der Waals surface area contributed by atoms with Gasteiger partial charge in [0.15, 0.2) is 0 Å². The van der Waals surface area contributed by atoms with Gasteiger partial charge in [0, 0.05) is 20.3 Å². The summed E-state index contributed by atoms with van der Waals surface area (Å²) in [6.07, 6.45) is 6.07. The van der Waals surface area contributed by atoms with Crippen LogP contribution < -0.4 is 0 Å². The lowest BCUT2D eigenvalue weighted by atomic mass is 9.74. The molecular weight excluding hydrogens is 164 g/mol. The van der Waals surface area contributed by atoms with Gasteiger partial charge in [-0.2, -0.15) is 0 Å². The normalized spacial score (nSPS) is 23.3. The molecule has 1 atom stereocenters. The third-order valence-electron chi connectivity index (χ3n) is 3.71. The molecule has 1 aliphatic rings. The van der Waals surface area contributed by atoms with Crippen LogP contribution in [0.1, 0.15) is 39.0 Å². The monoisotopic (exact) mass is 186 g/mol. The first kappa shape index (κ1) is 11.0. The van der Waals surface area contributed by atoms with E-state index in [2.05, 4.69) is 6.92 Å². The molecule has 0 aliphatic heterocycles. The second-order valence-corrected chi connectivity index (χ2v) is 4.41. The van der Waals surface area contributed by atoms with Crippen LogP contribution in [0, 0.1) is 11.3 Å². The highest BCUT2D eigenvalue weighted by Gasteiger charge is 2.37. The molecule has 1 saturated carbocycles. The topological polar surface area (TPSA) is 29.5 Å². The van der Waals surface area contributed by atoms with Crippen LogP contribution in [0.4, 0.5) is 0 Å². The van der Waals surface area contributed by atoms with Gasteiger partial charge in [-0.25, -0.2) is 0 Å². The highest BCUT2D eigenvalue weighted by atomic mass is 16.5. The first-order valence-electron chi connectivity index (χ1n) is 5.35. The van der Waals surface area contributed by atoms with Crippen LogP contribution in [0.15, 0.2) is 0 Å².